The molecule has 0 aliphatic heterocycles. The molecule has 0 unspecified atom stereocenters. The molecule has 0 atom stereocenters. The van der Waals surface area contributed by atoms with Crippen molar-refractivity contribution in [3.8, 4) is 0 Å². The fraction of sp³-hybridized carbons (Fsp3) is 0.385. The standard InChI is InChI=1S/C13H19N/c1-3-13(14-4-2)11-10-12-8-6-5-7-9-12/h5-9,11,14H,3-4,10H2,1-2H3/b13-11+. The topological polar surface area (TPSA) is 12.0 Å². The molecule has 0 saturated carbocycles. The smallest absolute Gasteiger partial charge is 0.0115 e. The van der Waals surface area contributed by atoms with E-state index in [1.54, 1.807) is 0 Å². The summed E-state index contributed by atoms with van der Waals surface area (Å²) < 4.78 is 0. The molecule has 1 aromatic carbocycles. The molecule has 0 saturated heterocycles. The van der Waals surface area contributed by atoms with Crippen LogP contribution in [-0.2, 0) is 6.42 Å². The Kier molecular flexibility index (Phi) is 4.84. The van der Waals surface area contributed by atoms with E-state index in [4.69, 9.17) is 0 Å². The van der Waals surface area contributed by atoms with Crippen molar-refractivity contribution in [1.82, 2.24) is 5.32 Å². The molecule has 14 heavy (non-hydrogen) atoms. The molecular formula is C13H19N. The molecule has 1 N–H and O–H groups in total. The molecule has 0 heterocycles. The first-order valence-corrected chi connectivity index (χ1v) is 5.33. The third-order valence-corrected chi connectivity index (χ3v) is 2.21. The fourth-order valence-corrected chi connectivity index (χ4v) is 1.42. The van der Waals surface area contributed by atoms with Gasteiger partial charge in [0.15, 0.2) is 0 Å². The minimum absolute atomic E-state index is 1.01. The Hall–Kier alpha value is -1.24. The molecule has 0 spiro atoms. The van der Waals surface area contributed by atoms with Gasteiger partial charge < -0.3 is 5.32 Å². The lowest BCUT2D eigenvalue weighted by atomic mass is 10.1. The van der Waals surface area contributed by atoms with Crippen molar-refractivity contribution in [3.05, 3.63) is 47.7 Å². The molecule has 1 rings (SSSR count). The van der Waals surface area contributed by atoms with Crippen LogP contribution in [0.25, 0.3) is 0 Å². The summed E-state index contributed by atoms with van der Waals surface area (Å²) in [5, 5.41) is 3.36. The zero-order valence-corrected chi connectivity index (χ0v) is 9.09. The van der Waals surface area contributed by atoms with Gasteiger partial charge in [-0.1, -0.05) is 43.3 Å². The van der Waals surface area contributed by atoms with E-state index in [9.17, 15) is 0 Å². The average Bonchev–Trinajstić information content (AvgIpc) is 2.25. The lowest BCUT2D eigenvalue weighted by Gasteiger charge is -2.06. The monoisotopic (exact) mass is 189 g/mol. The minimum atomic E-state index is 1.01. The normalized spacial score (nSPS) is 11.4. The van der Waals surface area contributed by atoms with Gasteiger partial charge in [-0.2, -0.15) is 0 Å². The van der Waals surface area contributed by atoms with Gasteiger partial charge in [0, 0.05) is 12.2 Å². The highest BCUT2D eigenvalue weighted by Crippen LogP contribution is 2.03. The Balaban J connectivity index is 2.52. The second-order valence-electron chi connectivity index (χ2n) is 3.30. The van der Waals surface area contributed by atoms with Crippen molar-refractivity contribution in [2.45, 2.75) is 26.7 Å². The summed E-state index contributed by atoms with van der Waals surface area (Å²) in [5.74, 6) is 0. The summed E-state index contributed by atoms with van der Waals surface area (Å²) in [6.07, 6.45) is 4.39. The number of allylic oxidation sites excluding steroid dienone is 2. The van der Waals surface area contributed by atoms with Crippen molar-refractivity contribution < 1.29 is 0 Å². The predicted octanol–water partition coefficient (Wildman–Crippen LogP) is 3.13. The van der Waals surface area contributed by atoms with Gasteiger partial charge in [0.25, 0.3) is 0 Å². The maximum Gasteiger partial charge on any atom is 0.0115 e. The minimum Gasteiger partial charge on any atom is -0.389 e. The Morgan fingerprint density at radius 2 is 1.93 bits per heavy atom. The van der Waals surface area contributed by atoms with Gasteiger partial charge in [-0.15, -0.1) is 0 Å². The second-order valence-corrected chi connectivity index (χ2v) is 3.30. The molecule has 0 aromatic heterocycles. The largest absolute Gasteiger partial charge is 0.389 e. The summed E-state index contributed by atoms with van der Waals surface area (Å²) >= 11 is 0. The van der Waals surface area contributed by atoms with Gasteiger partial charge in [-0.3, -0.25) is 0 Å². The van der Waals surface area contributed by atoms with E-state index >= 15 is 0 Å². The van der Waals surface area contributed by atoms with Crippen LogP contribution in [-0.4, -0.2) is 6.54 Å². The lowest BCUT2D eigenvalue weighted by Crippen LogP contribution is -2.11. The lowest BCUT2D eigenvalue weighted by molar-refractivity contribution is 0.800. The maximum absolute atomic E-state index is 3.36. The quantitative estimate of drug-likeness (QED) is 0.750. The van der Waals surface area contributed by atoms with Gasteiger partial charge in [-0.25, -0.2) is 0 Å². The van der Waals surface area contributed by atoms with E-state index in [1.165, 1.54) is 11.3 Å². The van der Waals surface area contributed by atoms with Crippen LogP contribution in [0.3, 0.4) is 0 Å². The molecule has 0 bridgehead atoms. The van der Waals surface area contributed by atoms with Crippen LogP contribution < -0.4 is 5.32 Å². The van der Waals surface area contributed by atoms with Crippen LogP contribution >= 0.6 is 0 Å². The molecule has 76 valence electrons. The van der Waals surface area contributed by atoms with Crippen LogP contribution in [0.2, 0.25) is 0 Å². The zero-order valence-electron chi connectivity index (χ0n) is 9.09. The molecular weight excluding hydrogens is 170 g/mol. The van der Waals surface area contributed by atoms with Crippen molar-refractivity contribution >= 4 is 0 Å². The van der Waals surface area contributed by atoms with Crippen LogP contribution in [0.1, 0.15) is 25.8 Å². The zero-order chi connectivity index (χ0) is 10.2. The van der Waals surface area contributed by atoms with Gasteiger partial charge in [0.2, 0.25) is 0 Å². The van der Waals surface area contributed by atoms with E-state index in [1.807, 2.05) is 0 Å². The van der Waals surface area contributed by atoms with Crippen LogP contribution in [0.15, 0.2) is 42.1 Å². The first-order valence-electron chi connectivity index (χ1n) is 5.33. The number of benzene rings is 1. The average molecular weight is 189 g/mol. The van der Waals surface area contributed by atoms with Crippen molar-refractivity contribution in [1.29, 1.82) is 0 Å². The van der Waals surface area contributed by atoms with Gasteiger partial charge >= 0.3 is 0 Å². The number of rotatable bonds is 5. The Labute approximate surface area is 86.8 Å². The van der Waals surface area contributed by atoms with E-state index in [-0.39, 0.29) is 0 Å². The van der Waals surface area contributed by atoms with E-state index in [0.717, 1.165) is 19.4 Å². The second kappa shape index (κ2) is 6.25. The molecule has 0 aliphatic carbocycles. The Morgan fingerprint density at radius 3 is 2.50 bits per heavy atom. The number of nitrogens with one attached hydrogen (secondary N) is 1. The first kappa shape index (κ1) is 10.8. The molecule has 0 radical (unpaired) electrons. The first-order chi connectivity index (χ1) is 6.86. The van der Waals surface area contributed by atoms with Crippen LogP contribution in [0.5, 0.6) is 0 Å². The highest BCUT2D eigenvalue weighted by atomic mass is 14.9. The summed E-state index contributed by atoms with van der Waals surface area (Å²) in [6.45, 7) is 5.32. The Bertz CT molecular complexity index is 275. The summed E-state index contributed by atoms with van der Waals surface area (Å²) in [6, 6.07) is 10.5. The highest BCUT2D eigenvalue weighted by molar-refractivity contribution is 5.18. The van der Waals surface area contributed by atoms with Gasteiger partial charge in [-0.05, 0) is 25.3 Å². The van der Waals surface area contributed by atoms with E-state index in [0.29, 0.717) is 0 Å². The summed E-state index contributed by atoms with van der Waals surface area (Å²) in [7, 11) is 0. The maximum atomic E-state index is 3.36. The van der Waals surface area contributed by atoms with Crippen LogP contribution in [0, 0.1) is 0 Å². The SMILES string of the molecule is CCN/C(=C/Cc1ccccc1)CC. The molecule has 1 nitrogen and oxygen atoms in total. The molecule has 1 heteroatoms. The van der Waals surface area contributed by atoms with Crippen molar-refractivity contribution in [2.75, 3.05) is 6.54 Å². The molecule has 0 fully saturated rings. The fourth-order valence-electron chi connectivity index (χ4n) is 1.42. The van der Waals surface area contributed by atoms with Gasteiger partial charge in [0.05, 0.1) is 0 Å². The molecule has 0 amide bonds. The third kappa shape index (κ3) is 3.65. The highest BCUT2D eigenvalue weighted by Gasteiger charge is 1.91. The molecule has 0 aliphatic rings. The summed E-state index contributed by atoms with van der Waals surface area (Å²) in [5.41, 5.74) is 2.72. The van der Waals surface area contributed by atoms with Crippen molar-refractivity contribution in [3.63, 3.8) is 0 Å². The Morgan fingerprint density at radius 1 is 1.21 bits per heavy atom. The summed E-state index contributed by atoms with van der Waals surface area (Å²) in [4.78, 5) is 0. The van der Waals surface area contributed by atoms with E-state index < -0.39 is 0 Å². The van der Waals surface area contributed by atoms with Gasteiger partial charge in [0.1, 0.15) is 0 Å². The third-order valence-electron chi connectivity index (χ3n) is 2.21. The van der Waals surface area contributed by atoms with Crippen molar-refractivity contribution in [2.24, 2.45) is 0 Å². The van der Waals surface area contributed by atoms with E-state index in [2.05, 4.69) is 55.6 Å². The number of hydrogen-bond acceptors (Lipinski definition) is 1. The number of hydrogen-bond donors (Lipinski definition) is 1. The predicted molar refractivity (Wildman–Crippen MR) is 62.2 cm³/mol. The molecule has 1 aromatic rings. The van der Waals surface area contributed by atoms with Crippen LogP contribution in [0.4, 0.5) is 0 Å².